The lowest BCUT2D eigenvalue weighted by Gasteiger charge is -2.39. The number of hydrogen-bond acceptors (Lipinski definition) is 4. The molecule has 0 atom stereocenters. The highest BCUT2D eigenvalue weighted by Crippen LogP contribution is 2.29. The minimum absolute atomic E-state index is 0.201. The first-order chi connectivity index (χ1) is 10.3. The quantitative estimate of drug-likeness (QED) is 0.896. The second-order valence-electron chi connectivity index (χ2n) is 5.57. The molecular formula is C16H23N3O2. The van der Waals surface area contributed by atoms with Gasteiger partial charge < -0.3 is 19.9 Å². The third-order valence-corrected chi connectivity index (χ3v) is 4.23. The molecule has 2 heterocycles. The molecule has 1 amide bonds. The maximum absolute atomic E-state index is 12.2. The maximum atomic E-state index is 12.2. The van der Waals surface area contributed by atoms with Crippen molar-refractivity contribution >= 4 is 11.6 Å². The van der Waals surface area contributed by atoms with Gasteiger partial charge in [-0.3, -0.25) is 4.79 Å². The SMILES string of the molecule is CCOc1ccccc1N1CCN(C(=O)C2CNC2)CC1. The van der Waals surface area contributed by atoms with E-state index in [2.05, 4.69) is 16.3 Å². The third-order valence-electron chi connectivity index (χ3n) is 4.23. The summed E-state index contributed by atoms with van der Waals surface area (Å²) in [6.45, 7) is 7.69. The second-order valence-corrected chi connectivity index (χ2v) is 5.57. The van der Waals surface area contributed by atoms with Gasteiger partial charge in [-0.2, -0.15) is 0 Å². The van der Waals surface area contributed by atoms with Gasteiger partial charge in [0, 0.05) is 39.3 Å². The molecule has 2 fully saturated rings. The van der Waals surface area contributed by atoms with Crippen LogP contribution in [0.25, 0.3) is 0 Å². The first kappa shape index (κ1) is 14.2. The van der Waals surface area contributed by atoms with Crippen molar-refractivity contribution in [2.24, 2.45) is 5.92 Å². The molecule has 2 saturated heterocycles. The average molecular weight is 289 g/mol. The van der Waals surface area contributed by atoms with E-state index in [4.69, 9.17) is 4.74 Å². The van der Waals surface area contributed by atoms with E-state index >= 15 is 0 Å². The molecule has 5 heteroatoms. The predicted octanol–water partition coefficient (Wildman–Crippen LogP) is 0.953. The Morgan fingerprint density at radius 2 is 1.95 bits per heavy atom. The lowest BCUT2D eigenvalue weighted by atomic mass is 10.0. The van der Waals surface area contributed by atoms with Crippen molar-refractivity contribution in [2.75, 3.05) is 50.8 Å². The fourth-order valence-electron chi connectivity index (χ4n) is 2.89. The first-order valence-electron chi connectivity index (χ1n) is 7.76. The van der Waals surface area contributed by atoms with Gasteiger partial charge in [-0.15, -0.1) is 0 Å². The smallest absolute Gasteiger partial charge is 0.228 e. The van der Waals surface area contributed by atoms with E-state index in [-0.39, 0.29) is 5.92 Å². The van der Waals surface area contributed by atoms with Crippen molar-refractivity contribution < 1.29 is 9.53 Å². The van der Waals surface area contributed by atoms with Crippen LogP contribution in [0, 0.1) is 5.92 Å². The van der Waals surface area contributed by atoms with Gasteiger partial charge in [0.2, 0.25) is 5.91 Å². The fourth-order valence-corrected chi connectivity index (χ4v) is 2.89. The minimum Gasteiger partial charge on any atom is -0.492 e. The lowest BCUT2D eigenvalue weighted by Crippen LogP contribution is -2.56. The van der Waals surface area contributed by atoms with Gasteiger partial charge >= 0.3 is 0 Å². The van der Waals surface area contributed by atoms with Gasteiger partial charge in [0.25, 0.3) is 0 Å². The Kier molecular flexibility index (Phi) is 4.29. The summed E-state index contributed by atoms with van der Waals surface area (Å²) in [5.74, 6) is 1.45. The second kappa shape index (κ2) is 6.35. The Labute approximate surface area is 125 Å². The Balaban J connectivity index is 1.61. The molecule has 1 aromatic rings. The Bertz CT molecular complexity index is 494. The Morgan fingerprint density at radius 1 is 1.24 bits per heavy atom. The maximum Gasteiger partial charge on any atom is 0.228 e. The molecule has 21 heavy (non-hydrogen) atoms. The summed E-state index contributed by atoms with van der Waals surface area (Å²) in [4.78, 5) is 16.6. The molecule has 0 aromatic heterocycles. The molecule has 5 nitrogen and oxygen atoms in total. The monoisotopic (exact) mass is 289 g/mol. The summed E-state index contributed by atoms with van der Waals surface area (Å²) in [6.07, 6.45) is 0. The van der Waals surface area contributed by atoms with Crippen LogP contribution >= 0.6 is 0 Å². The Morgan fingerprint density at radius 3 is 2.57 bits per heavy atom. The van der Waals surface area contributed by atoms with Gasteiger partial charge in [-0.05, 0) is 19.1 Å². The van der Waals surface area contributed by atoms with Crippen LogP contribution in [-0.2, 0) is 4.79 Å². The number of carbonyl (C=O) groups is 1. The van der Waals surface area contributed by atoms with E-state index in [1.165, 1.54) is 0 Å². The summed E-state index contributed by atoms with van der Waals surface area (Å²) >= 11 is 0. The van der Waals surface area contributed by atoms with E-state index in [0.717, 1.165) is 50.7 Å². The zero-order chi connectivity index (χ0) is 14.7. The molecule has 0 saturated carbocycles. The molecule has 0 unspecified atom stereocenters. The van der Waals surface area contributed by atoms with Crippen molar-refractivity contribution in [2.45, 2.75) is 6.92 Å². The van der Waals surface area contributed by atoms with Crippen molar-refractivity contribution in [1.29, 1.82) is 0 Å². The van der Waals surface area contributed by atoms with E-state index in [0.29, 0.717) is 12.5 Å². The lowest BCUT2D eigenvalue weighted by molar-refractivity contribution is -0.137. The number of rotatable bonds is 4. The number of nitrogens with zero attached hydrogens (tertiary/aromatic N) is 2. The number of nitrogens with one attached hydrogen (secondary N) is 1. The zero-order valence-electron chi connectivity index (χ0n) is 12.5. The molecule has 0 aliphatic carbocycles. The van der Waals surface area contributed by atoms with E-state index < -0.39 is 0 Å². The molecule has 0 spiro atoms. The summed E-state index contributed by atoms with van der Waals surface area (Å²) in [5, 5.41) is 3.16. The molecule has 1 N–H and O–H groups in total. The zero-order valence-corrected chi connectivity index (χ0v) is 12.5. The summed E-state index contributed by atoms with van der Waals surface area (Å²) in [5.41, 5.74) is 1.14. The molecule has 1 aromatic carbocycles. The highest BCUT2D eigenvalue weighted by Gasteiger charge is 2.31. The van der Waals surface area contributed by atoms with Crippen molar-refractivity contribution in [3.05, 3.63) is 24.3 Å². The van der Waals surface area contributed by atoms with Crippen molar-refractivity contribution in [3.63, 3.8) is 0 Å². The standard InChI is InChI=1S/C16H23N3O2/c1-2-21-15-6-4-3-5-14(15)18-7-9-19(10-8-18)16(20)13-11-17-12-13/h3-6,13,17H,2,7-12H2,1H3. The highest BCUT2D eigenvalue weighted by atomic mass is 16.5. The van der Waals surface area contributed by atoms with Gasteiger partial charge in [-0.1, -0.05) is 12.1 Å². The number of amides is 1. The van der Waals surface area contributed by atoms with E-state index in [1.807, 2.05) is 30.0 Å². The molecule has 0 radical (unpaired) electrons. The number of carbonyl (C=O) groups excluding carboxylic acids is 1. The van der Waals surface area contributed by atoms with Crippen LogP contribution < -0.4 is 15.0 Å². The molecule has 114 valence electrons. The van der Waals surface area contributed by atoms with Crippen LogP contribution in [0.1, 0.15) is 6.92 Å². The number of para-hydroxylation sites is 2. The van der Waals surface area contributed by atoms with Gasteiger partial charge in [0.05, 0.1) is 18.2 Å². The van der Waals surface area contributed by atoms with E-state index in [1.54, 1.807) is 0 Å². The van der Waals surface area contributed by atoms with Gasteiger partial charge in [0.1, 0.15) is 5.75 Å². The molecular weight excluding hydrogens is 266 g/mol. The number of ether oxygens (including phenoxy) is 1. The van der Waals surface area contributed by atoms with Crippen LogP contribution in [0.3, 0.4) is 0 Å². The van der Waals surface area contributed by atoms with Crippen LogP contribution in [-0.4, -0.2) is 56.7 Å². The van der Waals surface area contributed by atoms with Gasteiger partial charge in [0.15, 0.2) is 0 Å². The number of anilines is 1. The average Bonchev–Trinajstić information content (AvgIpc) is 2.47. The molecule has 2 aliphatic rings. The van der Waals surface area contributed by atoms with Crippen LogP contribution in [0.2, 0.25) is 0 Å². The normalized spacial score (nSPS) is 19.3. The molecule has 3 rings (SSSR count). The minimum atomic E-state index is 0.201. The third kappa shape index (κ3) is 2.97. The van der Waals surface area contributed by atoms with Crippen LogP contribution in [0.5, 0.6) is 5.75 Å². The number of hydrogen-bond donors (Lipinski definition) is 1. The molecule has 2 aliphatic heterocycles. The largest absolute Gasteiger partial charge is 0.492 e. The van der Waals surface area contributed by atoms with Gasteiger partial charge in [-0.25, -0.2) is 0 Å². The highest BCUT2D eigenvalue weighted by molar-refractivity contribution is 5.80. The predicted molar refractivity (Wildman–Crippen MR) is 82.8 cm³/mol. The topological polar surface area (TPSA) is 44.8 Å². The summed E-state index contributed by atoms with van der Waals surface area (Å²) < 4.78 is 5.70. The number of piperazine rings is 1. The molecule has 0 bridgehead atoms. The Hall–Kier alpha value is -1.75. The number of benzene rings is 1. The van der Waals surface area contributed by atoms with Crippen LogP contribution in [0.15, 0.2) is 24.3 Å². The van der Waals surface area contributed by atoms with Crippen molar-refractivity contribution in [1.82, 2.24) is 10.2 Å². The summed E-state index contributed by atoms with van der Waals surface area (Å²) in [6, 6.07) is 8.14. The van der Waals surface area contributed by atoms with Crippen molar-refractivity contribution in [3.8, 4) is 5.75 Å². The summed E-state index contributed by atoms with van der Waals surface area (Å²) in [7, 11) is 0. The van der Waals surface area contributed by atoms with E-state index in [9.17, 15) is 4.79 Å². The van der Waals surface area contributed by atoms with Crippen LogP contribution in [0.4, 0.5) is 5.69 Å². The first-order valence-corrected chi connectivity index (χ1v) is 7.76. The fraction of sp³-hybridized carbons (Fsp3) is 0.562.